The van der Waals surface area contributed by atoms with Crippen molar-refractivity contribution in [3.8, 4) is 0 Å². The molecule has 1 amide bonds. The lowest BCUT2D eigenvalue weighted by atomic mass is 9.79. The normalized spacial score (nSPS) is 30.6. The van der Waals surface area contributed by atoms with Gasteiger partial charge in [-0.25, -0.2) is 0 Å². The van der Waals surface area contributed by atoms with Crippen molar-refractivity contribution in [2.24, 2.45) is 5.92 Å². The Morgan fingerprint density at radius 2 is 1.93 bits per heavy atom. The van der Waals surface area contributed by atoms with Crippen molar-refractivity contribution in [2.75, 3.05) is 20.3 Å². The van der Waals surface area contributed by atoms with Gasteiger partial charge in [0.15, 0.2) is 0 Å². The van der Waals surface area contributed by atoms with Crippen molar-refractivity contribution in [1.29, 1.82) is 0 Å². The van der Waals surface area contributed by atoms with Crippen LogP contribution < -0.4 is 0 Å². The number of fused-ring (bicyclic) bond motifs is 1. The van der Waals surface area contributed by atoms with Gasteiger partial charge in [-0.2, -0.15) is 0 Å². The molecule has 1 aliphatic heterocycles. The molecule has 4 nitrogen and oxygen atoms in total. The summed E-state index contributed by atoms with van der Waals surface area (Å²) in [7, 11) is 1.81. The van der Waals surface area contributed by atoms with E-state index in [2.05, 4.69) is 30.9 Å². The van der Waals surface area contributed by atoms with Crippen molar-refractivity contribution in [3.63, 3.8) is 0 Å². The fraction of sp³-hybridized carbons (Fsp3) is 0.696. The van der Waals surface area contributed by atoms with Gasteiger partial charge < -0.3 is 14.4 Å². The lowest BCUT2D eigenvalue weighted by molar-refractivity contribution is -0.0977. The molecule has 148 valence electrons. The van der Waals surface area contributed by atoms with E-state index in [9.17, 15) is 4.79 Å². The first-order chi connectivity index (χ1) is 13.0. The number of methoxy groups -OCH3 is 1. The lowest BCUT2D eigenvalue weighted by Crippen LogP contribution is -2.53. The highest BCUT2D eigenvalue weighted by Gasteiger charge is 2.52. The van der Waals surface area contributed by atoms with Crippen LogP contribution in [-0.2, 0) is 9.47 Å². The van der Waals surface area contributed by atoms with Gasteiger partial charge in [0.1, 0.15) is 0 Å². The summed E-state index contributed by atoms with van der Waals surface area (Å²) in [6, 6.07) is 8.25. The zero-order valence-corrected chi connectivity index (χ0v) is 16.9. The number of nitrogens with zero attached hydrogens (tertiary/aromatic N) is 1. The number of hydrogen-bond acceptors (Lipinski definition) is 3. The zero-order valence-electron chi connectivity index (χ0n) is 16.9. The number of amides is 1. The molecule has 2 aliphatic carbocycles. The van der Waals surface area contributed by atoms with Crippen LogP contribution in [0.2, 0.25) is 0 Å². The molecule has 27 heavy (non-hydrogen) atoms. The van der Waals surface area contributed by atoms with Crippen molar-refractivity contribution >= 4 is 5.91 Å². The van der Waals surface area contributed by atoms with E-state index in [0.29, 0.717) is 5.92 Å². The number of benzene rings is 1. The van der Waals surface area contributed by atoms with Crippen molar-refractivity contribution in [1.82, 2.24) is 4.90 Å². The Labute approximate surface area is 163 Å². The van der Waals surface area contributed by atoms with Crippen LogP contribution in [0.25, 0.3) is 0 Å². The molecule has 3 fully saturated rings. The van der Waals surface area contributed by atoms with Crippen molar-refractivity contribution in [3.05, 3.63) is 35.4 Å². The maximum Gasteiger partial charge on any atom is 0.254 e. The van der Waals surface area contributed by atoms with Crippen LogP contribution in [0.15, 0.2) is 24.3 Å². The summed E-state index contributed by atoms with van der Waals surface area (Å²) in [4.78, 5) is 15.3. The third-order valence-electron chi connectivity index (χ3n) is 6.89. The predicted octanol–water partition coefficient (Wildman–Crippen LogP) is 4.39. The van der Waals surface area contributed by atoms with Gasteiger partial charge in [0.2, 0.25) is 0 Å². The summed E-state index contributed by atoms with van der Waals surface area (Å²) in [6.07, 6.45) is 6.75. The number of likely N-dealkylation sites (tertiary alicyclic amines) is 1. The predicted molar refractivity (Wildman–Crippen MR) is 106 cm³/mol. The average molecular weight is 372 g/mol. The van der Waals surface area contributed by atoms with E-state index in [1.165, 1.54) is 18.4 Å². The minimum absolute atomic E-state index is 0.123. The molecule has 1 heterocycles. The number of carbonyl (C=O) groups excluding carboxylic acids is 1. The molecular formula is C23H33NO3. The molecule has 4 rings (SSSR count). The second-order valence-corrected chi connectivity index (χ2v) is 8.98. The van der Waals surface area contributed by atoms with E-state index < -0.39 is 0 Å². The van der Waals surface area contributed by atoms with Crippen LogP contribution in [0.4, 0.5) is 0 Å². The Balaban J connectivity index is 1.48. The minimum Gasteiger partial charge on any atom is -0.378 e. The summed E-state index contributed by atoms with van der Waals surface area (Å²) >= 11 is 0. The molecule has 4 heteroatoms. The van der Waals surface area contributed by atoms with Gasteiger partial charge in [0.25, 0.3) is 5.91 Å². The van der Waals surface area contributed by atoms with Crippen LogP contribution in [0.5, 0.6) is 0 Å². The Kier molecular flexibility index (Phi) is 5.30. The molecule has 0 bridgehead atoms. The standard InChI is InChI=1S/C23H33NO3/c1-16(2)18-6-8-19(9-7-18)22(25)24-13-12-23(26-3)11-10-20(14-21(23)24)27-15-17-4-5-17/h6-9,16-17,20-21H,4-5,10-15H2,1-3H3/t20-,21+,23-/m1/s1. The smallest absolute Gasteiger partial charge is 0.254 e. The minimum atomic E-state index is -0.188. The van der Waals surface area contributed by atoms with E-state index in [4.69, 9.17) is 9.47 Å². The Morgan fingerprint density at radius 1 is 1.19 bits per heavy atom. The first-order valence-electron chi connectivity index (χ1n) is 10.6. The Morgan fingerprint density at radius 3 is 2.56 bits per heavy atom. The second kappa shape index (κ2) is 7.56. The van der Waals surface area contributed by atoms with E-state index in [0.717, 1.165) is 50.3 Å². The first kappa shape index (κ1) is 18.9. The van der Waals surface area contributed by atoms with Gasteiger partial charge in [-0.15, -0.1) is 0 Å². The van der Waals surface area contributed by atoms with Crippen molar-refractivity contribution < 1.29 is 14.3 Å². The first-order valence-corrected chi connectivity index (χ1v) is 10.6. The highest BCUT2D eigenvalue weighted by Crippen LogP contribution is 2.44. The molecule has 0 N–H and O–H groups in total. The Hall–Kier alpha value is -1.39. The van der Waals surface area contributed by atoms with Crippen LogP contribution in [0.3, 0.4) is 0 Å². The van der Waals surface area contributed by atoms with Gasteiger partial charge in [-0.05, 0) is 68.1 Å². The summed E-state index contributed by atoms with van der Waals surface area (Å²) in [6.45, 7) is 6.02. The zero-order chi connectivity index (χ0) is 19.0. The summed E-state index contributed by atoms with van der Waals surface area (Å²) < 4.78 is 12.2. The highest BCUT2D eigenvalue weighted by molar-refractivity contribution is 5.94. The highest BCUT2D eigenvalue weighted by atomic mass is 16.5. The summed E-state index contributed by atoms with van der Waals surface area (Å²) in [5.41, 5.74) is 1.87. The second-order valence-electron chi connectivity index (χ2n) is 8.98. The van der Waals surface area contributed by atoms with E-state index in [-0.39, 0.29) is 23.7 Å². The van der Waals surface area contributed by atoms with E-state index in [1.54, 1.807) is 0 Å². The van der Waals surface area contributed by atoms with E-state index >= 15 is 0 Å². The molecule has 0 aromatic heterocycles. The third kappa shape index (κ3) is 3.79. The van der Waals surface area contributed by atoms with Crippen LogP contribution in [0, 0.1) is 5.92 Å². The van der Waals surface area contributed by atoms with Gasteiger partial charge in [0.05, 0.1) is 17.7 Å². The summed E-state index contributed by atoms with van der Waals surface area (Å²) in [5, 5.41) is 0. The summed E-state index contributed by atoms with van der Waals surface area (Å²) in [5.74, 6) is 1.39. The molecule has 0 unspecified atom stereocenters. The third-order valence-corrected chi connectivity index (χ3v) is 6.89. The largest absolute Gasteiger partial charge is 0.378 e. The number of hydrogen-bond donors (Lipinski definition) is 0. The van der Waals surface area contributed by atoms with Gasteiger partial charge >= 0.3 is 0 Å². The number of ether oxygens (including phenoxy) is 2. The number of rotatable bonds is 6. The van der Waals surface area contributed by atoms with Crippen LogP contribution in [-0.4, -0.2) is 48.8 Å². The Bertz CT molecular complexity index is 667. The lowest BCUT2D eigenvalue weighted by Gasteiger charge is -2.43. The van der Waals surface area contributed by atoms with E-state index in [1.807, 2.05) is 19.2 Å². The molecule has 1 saturated heterocycles. The maximum absolute atomic E-state index is 13.3. The topological polar surface area (TPSA) is 38.8 Å². The molecule has 1 aromatic rings. The van der Waals surface area contributed by atoms with Gasteiger partial charge in [0, 0.05) is 25.8 Å². The monoisotopic (exact) mass is 371 g/mol. The fourth-order valence-electron chi connectivity index (χ4n) is 4.79. The molecule has 0 spiro atoms. The van der Waals surface area contributed by atoms with Gasteiger partial charge in [-0.3, -0.25) is 4.79 Å². The fourth-order valence-corrected chi connectivity index (χ4v) is 4.79. The molecule has 3 atom stereocenters. The van der Waals surface area contributed by atoms with Crippen LogP contribution in [0.1, 0.15) is 74.2 Å². The van der Waals surface area contributed by atoms with Crippen LogP contribution >= 0.6 is 0 Å². The quantitative estimate of drug-likeness (QED) is 0.744. The molecule has 2 saturated carbocycles. The molecule has 0 radical (unpaired) electrons. The average Bonchev–Trinajstić information content (AvgIpc) is 3.45. The SMILES string of the molecule is CO[C@@]12CC[C@@H](OCC3CC3)C[C@@H]1N(C(=O)c1ccc(C(C)C)cc1)CC2. The molecule has 3 aliphatic rings. The molecular weight excluding hydrogens is 338 g/mol. The number of carbonyl (C=O) groups is 1. The van der Waals surface area contributed by atoms with Gasteiger partial charge in [-0.1, -0.05) is 26.0 Å². The molecule has 1 aromatic carbocycles. The maximum atomic E-state index is 13.3. The van der Waals surface area contributed by atoms with Crippen molar-refractivity contribution in [2.45, 2.75) is 76.0 Å².